The predicted octanol–water partition coefficient (Wildman–Crippen LogP) is 3.48. The Bertz CT molecular complexity index is 925. The van der Waals surface area contributed by atoms with E-state index < -0.39 is 0 Å². The Morgan fingerprint density at radius 2 is 1.52 bits per heavy atom. The zero-order valence-electron chi connectivity index (χ0n) is 16.0. The Morgan fingerprint density at radius 1 is 0.926 bits per heavy atom. The number of nitrogens with zero attached hydrogens (tertiary/aromatic N) is 3. The van der Waals surface area contributed by atoms with Gasteiger partial charge in [0.15, 0.2) is 0 Å². The summed E-state index contributed by atoms with van der Waals surface area (Å²) >= 11 is 0. The SMILES string of the molecule is CCN(CC)CCn1c(=N)n(CCOc2ccc(F)cc2)c2ccccc21. The second-order valence-corrected chi connectivity index (χ2v) is 6.44. The van der Waals surface area contributed by atoms with Gasteiger partial charge in [0.1, 0.15) is 18.2 Å². The van der Waals surface area contributed by atoms with Crippen molar-refractivity contribution in [2.75, 3.05) is 26.2 Å². The molecule has 0 unspecified atom stereocenters. The molecule has 3 aromatic rings. The summed E-state index contributed by atoms with van der Waals surface area (Å²) in [5.74, 6) is 0.357. The van der Waals surface area contributed by atoms with E-state index in [2.05, 4.69) is 29.4 Å². The maximum absolute atomic E-state index is 13.0. The molecule has 0 fully saturated rings. The Labute approximate surface area is 159 Å². The summed E-state index contributed by atoms with van der Waals surface area (Å²) in [6, 6.07) is 14.1. The monoisotopic (exact) mass is 370 g/mol. The van der Waals surface area contributed by atoms with Crippen LogP contribution in [0.25, 0.3) is 11.0 Å². The van der Waals surface area contributed by atoms with Crippen molar-refractivity contribution in [2.24, 2.45) is 0 Å². The van der Waals surface area contributed by atoms with E-state index in [9.17, 15) is 4.39 Å². The minimum Gasteiger partial charge on any atom is -0.492 e. The number of aromatic nitrogens is 2. The van der Waals surface area contributed by atoms with Crippen LogP contribution in [0.3, 0.4) is 0 Å². The van der Waals surface area contributed by atoms with Crippen molar-refractivity contribution < 1.29 is 9.13 Å². The van der Waals surface area contributed by atoms with Crippen LogP contribution in [0.5, 0.6) is 5.75 Å². The largest absolute Gasteiger partial charge is 0.492 e. The highest BCUT2D eigenvalue weighted by molar-refractivity contribution is 5.75. The van der Waals surface area contributed by atoms with Gasteiger partial charge in [-0.1, -0.05) is 26.0 Å². The van der Waals surface area contributed by atoms with Crippen LogP contribution in [0, 0.1) is 11.2 Å². The Kier molecular flexibility index (Phi) is 6.29. The molecule has 1 aromatic heterocycles. The molecule has 0 aliphatic rings. The number of nitrogens with one attached hydrogen (secondary N) is 1. The van der Waals surface area contributed by atoms with Crippen LogP contribution in [0.4, 0.5) is 4.39 Å². The van der Waals surface area contributed by atoms with Gasteiger partial charge in [0.2, 0.25) is 5.62 Å². The number of benzene rings is 2. The predicted molar refractivity (Wildman–Crippen MR) is 105 cm³/mol. The number of ether oxygens (including phenoxy) is 1. The molecule has 27 heavy (non-hydrogen) atoms. The molecule has 0 saturated carbocycles. The van der Waals surface area contributed by atoms with Crippen LogP contribution in [0.15, 0.2) is 48.5 Å². The number of hydrogen-bond donors (Lipinski definition) is 1. The van der Waals surface area contributed by atoms with Gasteiger partial charge in [0.05, 0.1) is 17.6 Å². The Hall–Kier alpha value is -2.60. The maximum Gasteiger partial charge on any atom is 0.203 e. The van der Waals surface area contributed by atoms with Crippen LogP contribution in [0.2, 0.25) is 0 Å². The lowest BCUT2D eigenvalue weighted by molar-refractivity contribution is 0.284. The standard InChI is InChI=1S/C21H27FN4O/c1-3-24(4-2)13-14-25-19-7-5-6-8-20(19)26(21(25)23)15-16-27-18-11-9-17(22)10-12-18/h5-12,23H,3-4,13-16H2,1-2H3. The molecule has 0 aliphatic carbocycles. The van der Waals surface area contributed by atoms with Gasteiger partial charge in [-0.25, -0.2) is 4.39 Å². The average Bonchev–Trinajstić information content (AvgIpc) is 2.96. The van der Waals surface area contributed by atoms with E-state index in [4.69, 9.17) is 10.1 Å². The number of rotatable bonds is 9. The molecule has 0 saturated heterocycles. The molecular formula is C21H27FN4O. The highest BCUT2D eigenvalue weighted by atomic mass is 19.1. The fraction of sp³-hybridized carbons (Fsp3) is 0.381. The van der Waals surface area contributed by atoms with Gasteiger partial charge >= 0.3 is 0 Å². The summed E-state index contributed by atoms with van der Waals surface area (Å²) in [6.07, 6.45) is 0. The second kappa shape index (κ2) is 8.86. The van der Waals surface area contributed by atoms with Crippen molar-refractivity contribution in [2.45, 2.75) is 26.9 Å². The van der Waals surface area contributed by atoms with E-state index in [1.54, 1.807) is 12.1 Å². The van der Waals surface area contributed by atoms with Crippen LogP contribution in [0.1, 0.15) is 13.8 Å². The molecule has 5 nitrogen and oxygen atoms in total. The molecule has 1 heterocycles. The Morgan fingerprint density at radius 3 is 2.11 bits per heavy atom. The lowest BCUT2D eigenvalue weighted by atomic mass is 10.3. The fourth-order valence-electron chi connectivity index (χ4n) is 3.31. The quantitative estimate of drug-likeness (QED) is 0.627. The molecule has 0 spiro atoms. The summed E-state index contributed by atoms with van der Waals surface area (Å²) in [6.45, 7) is 9.03. The number of fused-ring (bicyclic) bond motifs is 1. The van der Waals surface area contributed by atoms with Crippen molar-refractivity contribution in [1.82, 2.24) is 14.0 Å². The summed E-state index contributed by atoms with van der Waals surface area (Å²) in [7, 11) is 0. The molecule has 0 aliphatic heterocycles. The van der Waals surface area contributed by atoms with Crippen LogP contribution in [-0.4, -0.2) is 40.3 Å². The second-order valence-electron chi connectivity index (χ2n) is 6.44. The topological polar surface area (TPSA) is 46.2 Å². The first-order valence-corrected chi connectivity index (χ1v) is 9.47. The third-order valence-electron chi connectivity index (χ3n) is 4.91. The number of hydrogen-bond acceptors (Lipinski definition) is 3. The first-order valence-electron chi connectivity index (χ1n) is 9.47. The summed E-state index contributed by atoms with van der Waals surface area (Å²) in [5, 5.41) is 8.65. The van der Waals surface area contributed by atoms with E-state index in [0.717, 1.165) is 37.2 Å². The zero-order chi connectivity index (χ0) is 19.2. The molecule has 0 radical (unpaired) electrons. The smallest absolute Gasteiger partial charge is 0.203 e. The third kappa shape index (κ3) is 4.39. The molecule has 0 bridgehead atoms. The molecule has 0 amide bonds. The van der Waals surface area contributed by atoms with Crippen molar-refractivity contribution in [3.8, 4) is 5.75 Å². The van der Waals surface area contributed by atoms with Crippen molar-refractivity contribution >= 4 is 11.0 Å². The van der Waals surface area contributed by atoms with Crippen molar-refractivity contribution in [1.29, 1.82) is 5.41 Å². The lowest BCUT2D eigenvalue weighted by Gasteiger charge is -2.18. The minimum absolute atomic E-state index is 0.276. The number of imidazole rings is 1. The van der Waals surface area contributed by atoms with Crippen LogP contribution >= 0.6 is 0 Å². The van der Waals surface area contributed by atoms with E-state index in [0.29, 0.717) is 24.5 Å². The van der Waals surface area contributed by atoms with Gasteiger partial charge in [-0.2, -0.15) is 0 Å². The van der Waals surface area contributed by atoms with E-state index in [1.165, 1.54) is 12.1 Å². The van der Waals surface area contributed by atoms with Gasteiger partial charge in [-0.15, -0.1) is 0 Å². The lowest BCUT2D eigenvalue weighted by Crippen LogP contribution is -2.32. The molecular weight excluding hydrogens is 343 g/mol. The maximum atomic E-state index is 13.0. The van der Waals surface area contributed by atoms with E-state index >= 15 is 0 Å². The highest BCUT2D eigenvalue weighted by Crippen LogP contribution is 2.14. The molecule has 2 aromatic carbocycles. The van der Waals surface area contributed by atoms with Crippen molar-refractivity contribution in [3.05, 3.63) is 60.0 Å². The van der Waals surface area contributed by atoms with Gasteiger partial charge in [0.25, 0.3) is 0 Å². The van der Waals surface area contributed by atoms with Crippen LogP contribution in [-0.2, 0) is 13.1 Å². The minimum atomic E-state index is -0.276. The first-order chi connectivity index (χ1) is 13.1. The molecule has 3 rings (SSSR count). The van der Waals surface area contributed by atoms with E-state index in [1.807, 2.05) is 22.8 Å². The summed E-state index contributed by atoms with van der Waals surface area (Å²) in [5.41, 5.74) is 2.58. The summed E-state index contributed by atoms with van der Waals surface area (Å²) < 4.78 is 22.8. The molecule has 144 valence electrons. The summed E-state index contributed by atoms with van der Waals surface area (Å²) in [4.78, 5) is 2.36. The van der Waals surface area contributed by atoms with Crippen LogP contribution < -0.4 is 10.4 Å². The first kappa shape index (κ1) is 19.2. The van der Waals surface area contributed by atoms with Gasteiger partial charge in [-0.3, -0.25) is 5.41 Å². The average molecular weight is 370 g/mol. The normalized spacial score (nSPS) is 11.4. The zero-order valence-corrected chi connectivity index (χ0v) is 16.0. The number of likely N-dealkylation sites (N-methyl/N-ethyl adjacent to an activating group) is 1. The van der Waals surface area contributed by atoms with Gasteiger partial charge in [0, 0.05) is 13.1 Å². The van der Waals surface area contributed by atoms with Gasteiger partial charge in [-0.05, 0) is 49.5 Å². The third-order valence-corrected chi connectivity index (χ3v) is 4.91. The number of halogens is 1. The fourth-order valence-corrected chi connectivity index (χ4v) is 3.31. The molecule has 6 heteroatoms. The number of para-hydroxylation sites is 2. The molecule has 0 atom stereocenters. The van der Waals surface area contributed by atoms with Crippen molar-refractivity contribution in [3.63, 3.8) is 0 Å². The Balaban J connectivity index is 1.77. The van der Waals surface area contributed by atoms with Gasteiger partial charge < -0.3 is 18.8 Å². The van der Waals surface area contributed by atoms with E-state index in [-0.39, 0.29) is 5.82 Å². The molecule has 1 N–H and O–H groups in total. The highest BCUT2D eigenvalue weighted by Gasteiger charge is 2.11.